The molecule has 316 valence electrons. The molecule has 2 heterocycles. The molecule has 2 aromatic rings. The molecule has 2 rings (SSSR count). The lowest BCUT2D eigenvalue weighted by Crippen LogP contribution is -2.28. The van der Waals surface area contributed by atoms with Crippen LogP contribution in [0.25, 0.3) is 0 Å². The molecule has 0 radical (unpaired) electrons. The monoisotopic (exact) mass is 771 g/mol. The lowest BCUT2D eigenvalue weighted by atomic mass is 10.0. The van der Waals surface area contributed by atoms with E-state index in [9.17, 15) is 14.7 Å². The summed E-state index contributed by atoms with van der Waals surface area (Å²) in [7, 11) is 0. The van der Waals surface area contributed by atoms with E-state index in [4.69, 9.17) is 18.3 Å². The molecule has 0 fully saturated rings. The van der Waals surface area contributed by atoms with Crippen LogP contribution in [0.15, 0.2) is 14.9 Å². The Hall–Kier alpha value is -2.54. The number of aliphatic hydroxyl groups is 1. The zero-order chi connectivity index (χ0) is 39.9. The molecule has 55 heavy (non-hydrogen) atoms. The number of furan rings is 2. The van der Waals surface area contributed by atoms with Gasteiger partial charge in [0.15, 0.2) is 6.10 Å². The number of aliphatic hydroxyl groups excluding tert-OH is 1. The SMILES string of the molecule is CCCCCc1cc(C)c(CCCCCCCCCCC(=O)OC[C@H](CO)OC(=O)CCCCCCCCCCCCc2oc(CCCCC)c(C)c2C)o1. The van der Waals surface area contributed by atoms with E-state index in [-0.39, 0.29) is 25.2 Å². The minimum absolute atomic E-state index is 0.0824. The van der Waals surface area contributed by atoms with Crippen LogP contribution in [-0.2, 0) is 44.7 Å². The molecule has 0 saturated carbocycles. The van der Waals surface area contributed by atoms with E-state index in [0.29, 0.717) is 12.8 Å². The quantitative estimate of drug-likeness (QED) is 0.0544. The second-order valence-corrected chi connectivity index (χ2v) is 16.3. The van der Waals surface area contributed by atoms with Crippen molar-refractivity contribution in [1.29, 1.82) is 0 Å². The minimum Gasteiger partial charge on any atom is -0.466 e. The van der Waals surface area contributed by atoms with Gasteiger partial charge in [-0.25, -0.2) is 0 Å². The van der Waals surface area contributed by atoms with Crippen LogP contribution in [0.5, 0.6) is 0 Å². The minimum atomic E-state index is -0.791. The summed E-state index contributed by atoms with van der Waals surface area (Å²) in [5.74, 6) is 4.11. The molecule has 0 aliphatic rings. The summed E-state index contributed by atoms with van der Waals surface area (Å²) in [4.78, 5) is 24.5. The van der Waals surface area contributed by atoms with Crippen molar-refractivity contribution in [1.82, 2.24) is 0 Å². The number of aryl methyl sites for hydroxylation is 5. The molecule has 0 spiro atoms. The van der Waals surface area contributed by atoms with Gasteiger partial charge < -0.3 is 23.4 Å². The third-order valence-corrected chi connectivity index (χ3v) is 11.3. The second-order valence-electron chi connectivity index (χ2n) is 16.3. The largest absolute Gasteiger partial charge is 0.466 e. The van der Waals surface area contributed by atoms with Gasteiger partial charge in [0, 0.05) is 38.5 Å². The highest BCUT2D eigenvalue weighted by atomic mass is 16.6. The highest BCUT2D eigenvalue weighted by Gasteiger charge is 2.16. The molecule has 0 amide bonds. The van der Waals surface area contributed by atoms with Crippen LogP contribution >= 0.6 is 0 Å². The molecular weight excluding hydrogens is 689 g/mol. The number of carbonyl (C=O) groups excluding carboxylic acids is 2. The van der Waals surface area contributed by atoms with Gasteiger partial charge in [-0.15, -0.1) is 0 Å². The summed E-state index contributed by atoms with van der Waals surface area (Å²) in [6.07, 6.45) is 32.2. The molecule has 1 N–H and O–H groups in total. The maximum Gasteiger partial charge on any atom is 0.306 e. The fraction of sp³-hybridized carbons (Fsp3) is 0.792. The molecule has 7 nitrogen and oxygen atoms in total. The van der Waals surface area contributed by atoms with Crippen molar-refractivity contribution < 1.29 is 33.0 Å². The smallest absolute Gasteiger partial charge is 0.306 e. The molecule has 0 aromatic carbocycles. The Morgan fingerprint density at radius 1 is 0.545 bits per heavy atom. The lowest BCUT2D eigenvalue weighted by Gasteiger charge is -2.15. The number of carbonyl (C=O) groups is 2. The molecule has 0 saturated heterocycles. The molecule has 0 aliphatic heterocycles. The number of hydrogen-bond donors (Lipinski definition) is 1. The summed E-state index contributed by atoms with van der Waals surface area (Å²) in [5, 5.41) is 9.64. The van der Waals surface area contributed by atoms with E-state index in [1.54, 1.807) is 0 Å². The highest BCUT2D eigenvalue weighted by Crippen LogP contribution is 2.25. The summed E-state index contributed by atoms with van der Waals surface area (Å²) in [5.41, 5.74) is 4.03. The van der Waals surface area contributed by atoms with Gasteiger partial charge in [-0.3, -0.25) is 9.59 Å². The van der Waals surface area contributed by atoms with E-state index in [1.165, 1.54) is 150 Å². The van der Waals surface area contributed by atoms with Crippen molar-refractivity contribution in [3.63, 3.8) is 0 Å². The Morgan fingerprint density at radius 3 is 1.45 bits per heavy atom. The van der Waals surface area contributed by atoms with Crippen molar-refractivity contribution in [3.8, 4) is 0 Å². The van der Waals surface area contributed by atoms with Gasteiger partial charge >= 0.3 is 11.9 Å². The first-order valence-electron chi connectivity index (χ1n) is 22.9. The molecule has 0 unspecified atom stereocenters. The van der Waals surface area contributed by atoms with Gasteiger partial charge in [-0.1, -0.05) is 129 Å². The Morgan fingerprint density at radius 2 is 0.964 bits per heavy atom. The lowest BCUT2D eigenvalue weighted by molar-refractivity contribution is -0.161. The van der Waals surface area contributed by atoms with Crippen molar-refractivity contribution in [2.45, 2.75) is 233 Å². The number of ether oxygens (including phenoxy) is 2. The van der Waals surface area contributed by atoms with E-state index in [2.05, 4.69) is 40.7 Å². The Balaban J connectivity index is 1.37. The fourth-order valence-corrected chi connectivity index (χ4v) is 7.46. The zero-order valence-electron chi connectivity index (χ0n) is 36.2. The third kappa shape index (κ3) is 22.7. The van der Waals surface area contributed by atoms with Gasteiger partial charge in [-0.05, 0) is 82.1 Å². The number of rotatable bonds is 36. The Bertz CT molecular complexity index is 1260. The zero-order valence-corrected chi connectivity index (χ0v) is 36.2. The number of unbranched alkanes of at least 4 members (excludes halogenated alkanes) is 20. The molecule has 2 aromatic heterocycles. The molecular formula is C48H82O7. The van der Waals surface area contributed by atoms with Crippen LogP contribution in [0.2, 0.25) is 0 Å². The van der Waals surface area contributed by atoms with Gasteiger partial charge in [0.1, 0.15) is 29.6 Å². The first-order valence-corrected chi connectivity index (χ1v) is 22.9. The first kappa shape index (κ1) is 48.6. The van der Waals surface area contributed by atoms with Gasteiger partial charge in [0.25, 0.3) is 0 Å². The Labute approximate surface area is 336 Å². The highest BCUT2D eigenvalue weighted by molar-refractivity contribution is 5.70. The molecule has 0 aliphatic carbocycles. The van der Waals surface area contributed by atoms with E-state index >= 15 is 0 Å². The van der Waals surface area contributed by atoms with Gasteiger partial charge in [0.2, 0.25) is 0 Å². The van der Waals surface area contributed by atoms with Gasteiger partial charge in [0.05, 0.1) is 6.61 Å². The summed E-state index contributed by atoms with van der Waals surface area (Å²) in [6, 6.07) is 2.23. The predicted octanol–water partition coefficient (Wildman–Crippen LogP) is 13.3. The van der Waals surface area contributed by atoms with Crippen molar-refractivity contribution >= 4 is 11.9 Å². The number of hydrogen-bond acceptors (Lipinski definition) is 7. The van der Waals surface area contributed by atoms with Crippen LogP contribution in [0.3, 0.4) is 0 Å². The first-order chi connectivity index (χ1) is 26.8. The van der Waals surface area contributed by atoms with Crippen molar-refractivity contribution in [2.75, 3.05) is 13.2 Å². The fourth-order valence-electron chi connectivity index (χ4n) is 7.46. The van der Waals surface area contributed by atoms with Crippen LogP contribution in [-0.4, -0.2) is 36.4 Å². The molecule has 7 heteroatoms. The van der Waals surface area contributed by atoms with Gasteiger partial charge in [-0.2, -0.15) is 0 Å². The van der Waals surface area contributed by atoms with E-state index < -0.39 is 6.10 Å². The maximum atomic E-state index is 12.3. The van der Waals surface area contributed by atoms with E-state index in [1.807, 2.05) is 0 Å². The molecule has 1 atom stereocenters. The molecule has 0 bridgehead atoms. The normalized spacial score (nSPS) is 12.0. The summed E-state index contributed by atoms with van der Waals surface area (Å²) < 4.78 is 23.0. The van der Waals surface area contributed by atoms with Crippen LogP contribution in [0.1, 0.15) is 221 Å². The standard InChI is InChI=1S/C48H82O7/c1-6-8-24-30-42-36-39(3)44(53-42)31-26-20-16-14-15-18-22-28-34-47(50)52-38-43(37-49)54-48(51)35-29-23-19-13-11-10-12-17-21-27-33-46-41(5)40(4)45(55-46)32-25-9-7-2/h36,43,49H,6-35,37-38H2,1-5H3/t43-/m0/s1. The second kappa shape index (κ2) is 31.5. The third-order valence-electron chi connectivity index (χ3n) is 11.3. The van der Waals surface area contributed by atoms with E-state index in [0.717, 1.165) is 70.0 Å². The average Bonchev–Trinajstić information content (AvgIpc) is 3.67. The Kier molecular flexibility index (Phi) is 27.9. The number of esters is 2. The van der Waals surface area contributed by atoms with Crippen molar-refractivity contribution in [3.05, 3.63) is 45.8 Å². The summed E-state index contributed by atoms with van der Waals surface area (Å²) in [6.45, 7) is 10.6. The topological polar surface area (TPSA) is 99.1 Å². The van der Waals surface area contributed by atoms with Crippen LogP contribution < -0.4 is 0 Å². The van der Waals surface area contributed by atoms with Crippen LogP contribution in [0, 0.1) is 20.8 Å². The van der Waals surface area contributed by atoms with Crippen molar-refractivity contribution in [2.24, 2.45) is 0 Å². The predicted molar refractivity (Wildman–Crippen MR) is 226 cm³/mol. The van der Waals surface area contributed by atoms with Crippen LogP contribution in [0.4, 0.5) is 0 Å². The maximum absolute atomic E-state index is 12.3. The summed E-state index contributed by atoms with van der Waals surface area (Å²) >= 11 is 0. The average molecular weight is 771 g/mol.